The first-order valence-electron chi connectivity index (χ1n) is 4.47. The highest BCUT2D eigenvalue weighted by Crippen LogP contribution is 2.54. The summed E-state index contributed by atoms with van der Waals surface area (Å²) in [5, 5.41) is 0. The van der Waals surface area contributed by atoms with Crippen molar-refractivity contribution >= 4 is 0 Å². The molecular weight excluding hydrogens is 132 g/mol. The van der Waals surface area contributed by atoms with E-state index in [0.29, 0.717) is 5.41 Å². The van der Waals surface area contributed by atoms with Crippen LogP contribution in [0.3, 0.4) is 0 Å². The fraction of sp³-hybridized carbons (Fsp3) is 0.636. The Labute approximate surface area is 69.0 Å². The van der Waals surface area contributed by atoms with E-state index in [4.69, 9.17) is 0 Å². The van der Waals surface area contributed by atoms with Gasteiger partial charge in [0.25, 0.3) is 0 Å². The van der Waals surface area contributed by atoms with E-state index in [1.165, 1.54) is 18.4 Å². The molecule has 0 nitrogen and oxygen atoms in total. The maximum Gasteiger partial charge on any atom is -0.00533 e. The van der Waals surface area contributed by atoms with Crippen LogP contribution in [0.1, 0.15) is 26.7 Å². The fourth-order valence-corrected chi connectivity index (χ4v) is 2.59. The van der Waals surface area contributed by atoms with Crippen molar-refractivity contribution in [2.45, 2.75) is 26.7 Å². The highest BCUT2D eigenvalue weighted by atomic mass is 14.5. The van der Waals surface area contributed by atoms with E-state index in [1.54, 1.807) is 0 Å². The summed E-state index contributed by atoms with van der Waals surface area (Å²) in [7, 11) is 0. The maximum absolute atomic E-state index is 4.09. The molecule has 0 aliphatic heterocycles. The summed E-state index contributed by atoms with van der Waals surface area (Å²) in [6.07, 6.45) is 7.49. The topological polar surface area (TPSA) is 0 Å². The van der Waals surface area contributed by atoms with Gasteiger partial charge in [-0.15, -0.1) is 0 Å². The minimum absolute atomic E-state index is 0.430. The van der Waals surface area contributed by atoms with E-state index in [2.05, 4.69) is 32.6 Å². The number of fused-ring (bicyclic) bond motifs is 2. The van der Waals surface area contributed by atoms with E-state index in [9.17, 15) is 0 Å². The Kier molecular flexibility index (Phi) is 1.30. The Morgan fingerprint density at radius 1 is 1.55 bits per heavy atom. The molecule has 2 rings (SSSR count). The normalized spacial score (nSPS) is 46.7. The average Bonchev–Trinajstić information content (AvgIpc) is 2.45. The first-order chi connectivity index (χ1) is 5.13. The first-order valence-corrected chi connectivity index (χ1v) is 4.47. The number of hydrogen-bond acceptors (Lipinski definition) is 0. The second kappa shape index (κ2) is 2.00. The van der Waals surface area contributed by atoms with Gasteiger partial charge in [-0.25, -0.2) is 0 Å². The Bertz CT molecular complexity index is 224. The van der Waals surface area contributed by atoms with E-state index in [-0.39, 0.29) is 0 Å². The molecule has 0 N–H and O–H groups in total. The van der Waals surface area contributed by atoms with Crippen molar-refractivity contribution in [3.63, 3.8) is 0 Å². The maximum atomic E-state index is 4.09. The molecule has 2 bridgehead atoms. The summed E-state index contributed by atoms with van der Waals surface area (Å²) in [5.74, 6) is 1.66. The van der Waals surface area contributed by atoms with Gasteiger partial charge >= 0.3 is 0 Å². The molecule has 0 heterocycles. The van der Waals surface area contributed by atoms with Crippen molar-refractivity contribution in [3.8, 4) is 0 Å². The van der Waals surface area contributed by atoms with Gasteiger partial charge in [-0.1, -0.05) is 31.2 Å². The number of rotatable bonds is 1. The van der Waals surface area contributed by atoms with Gasteiger partial charge in [0.05, 0.1) is 0 Å². The third kappa shape index (κ3) is 0.817. The smallest absolute Gasteiger partial charge is 0.00533 e. The molecule has 0 heteroatoms. The Morgan fingerprint density at radius 2 is 2.27 bits per heavy atom. The molecule has 3 unspecified atom stereocenters. The third-order valence-electron chi connectivity index (χ3n) is 3.65. The zero-order valence-corrected chi connectivity index (χ0v) is 7.43. The molecule has 2 aliphatic carbocycles. The molecule has 0 radical (unpaired) electrons. The molecule has 1 saturated carbocycles. The molecule has 0 spiro atoms. The highest BCUT2D eigenvalue weighted by Gasteiger charge is 2.45. The van der Waals surface area contributed by atoms with Crippen molar-refractivity contribution < 1.29 is 0 Å². The van der Waals surface area contributed by atoms with Crippen LogP contribution < -0.4 is 0 Å². The summed E-state index contributed by atoms with van der Waals surface area (Å²) in [5.41, 5.74) is 1.80. The minimum atomic E-state index is 0.430. The van der Waals surface area contributed by atoms with Gasteiger partial charge in [0.2, 0.25) is 0 Å². The Hall–Kier alpha value is -0.520. The summed E-state index contributed by atoms with van der Waals surface area (Å²) in [6, 6.07) is 0. The van der Waals surface area contributed by atoms with Crippen LogP contribution in [0.25, 0.3) is 0 Å². The lowest BCUT2D eigenvalue weighted by molar-refractivity contribution is 0.329. The highest BCUT2D eigenvalue weighted by molar-refractivity contribution is 5.23. The van der Waals surface area contributed by atoms with Crippen molar-refractivity contribution in [3.05, 3.63) is 24.3 Å². The van der Waals surface area contributed by atoms with Gasteiger partial charge in [-0.3, -0.25) is 0 Å². The third-order valence-corrected chi connectivity index (χ3v) is 3.65. The quantitative estimate of drug-likeness (QED) is 0.501. The summed E-state index contributed by atoms with van der Waals surface area (Å²) >= 11 is 0. The molecule has 0 aromatic rings. The molecule has 0 aromatic heterocycles. The summed E-state index contributed by atoms with van der Waals surface area (Å²) in [4.78, 5) is 0. The van der Waals surface area contributed by atoms with Crippen molar-refractivity contribution in [2.24, 2.45) is 17.3 Å². The minimum Gasteiger partial charge on any atom is -0.0996 e. The predicted octanol–water partition coefficient (Wildman–Crippen LogP) is 3.16. The molecule has 0 amide bonds. The Balaban J connectivity index is 2.30. The Morgan fingerprint density at radius 3 is 2.55 bits per heavy atom. The largest absolute Gasteiger partial charge is 0.0996 e. The summed E-state index contributed by atoms with van der Waals surface area (Å²) < 4.78 is 0. The molecule has 2 aliphatic rings. The van der Waals surface area contributed by atoms with Gasteiger partial charge in [0, 0.05) is 0 Å². The lowest BCUT2D eigenvalue weighted by Gasteiger charge is -2.31. The van der Waals surface area contributed by atoms with Gasteiger partial charge in [0.1, 0.15) is 0 Å². The van der Waals surface area contributed by atoms with E-state index in [0.717, 1.165) is 11.8 Å². The lowest BCUT2D eigenvalue weighted by atomic mass is 9.73. The van der Waals surface area contributed by atoms with Gasteiger partial charge in [-0.05, 0) is 37.0 Å². The van der Waals surface area contributed by atoms with Crippen LogP contribution in [0.15, 0.2) is 24.3 Å². The predicted molar refractivity (Wildman–Crippen MR) is 48.3 cm³/mol. The molecule has 60 valence electrons. The first kappa shape index (κ1) is 7.15. The van der Waals surface area contributed by atoms with Crippen LogP contribution in [0.4, 0.5) is 0 Å². The second-order valence-electron chi connectivity index (χ2n) is 4.39. The van der Waals surface area contributed by atoms with Crippen LogP contribution in [0.5, 0.6) is 0 Å². The van der Waals surface area contributed by atoms with E-state index in [1.807, 2.05) is 0 Å². The zero-order chi connectivity index (χ0) is 8.06. The van der Waals surface area contributed by atoms with Crippen LogP contribution in [-0.4, -0.2) is 0 Å². The number of hydrogen-bond donors (Lipinski definition) is 0. The molecule has 0 saturated heterocycles. The second-order valence-corrected chi connectivity index (χ2v) is 4.39. The van der Waals surface area contributed by atoms with Gasteiger partial charge in [-0.2, -0.15) is 0 Å². The van der Waals surface area contributed by atoms with Crippen LogP contribution in [0.2, 0.25) is 0 Å². The SMILES string of the molecule is C=C(C)C1(C)CC2C=CC1C2. The fourth-order valence-electron chi connectivity index (χ4n) is 2.59. The van der Waals surface area contributed by atoms with Gasteiger partial charge in [0.15, 0.2) is 0 Å². The van der Waals surface area contributed by atoms with Crippen LogP contribution in [-0.2, 0) is 0 Å². The molecule has 0 aromatic carbocycles. The van der Waals surface area contributed by atoms with Crippen molar-refractivity contribution in [1.82, 2.24) is 0 Å². The van der Waals surface area contributed by atoms with Crippen LogP contribution in [0, 0.1) is 17.3 Å². The molecule has 1 fully saturated rings. The number of allylic oxidation sites excluding steroid dienone is 3. The lowest BCUT2D eigenvalue weighted by Crippen LogP contribution is -2.22. The van der Waals surface area contributed by atoms with Gasteiger partial charge < -0.3 is 0 Å². The standard InChI is InChI=1S/C11H16/c1-8(2)11(3)7-9-4-5-10(11)6-9/h4-5,9-10H,1,6-7H2,2-3H3. The summed E-state index contributed by atoms with van der Waals surface area (Å²) in [6.45, 7) is 8.63. The monoisotopic (exact) mass is 148 g/mol. The van der Waals surface area contributed by atoms with Crippen molar-refractivity contribution in [2.75, 3.05) is 0 Å². The molecular formula is C11H16. The van der Waals surface area contributed by atoms with E-state index >= 15 is 0 Å². The average molecular weight is 148 g/mol. The van der Waals surface area contributed by atoms with Crippen LogP contribution >= 0.6 is 0 Å². The zero-order valence-electron chi connectivity index (χ0n) is 7.43. The molecule has 3 atom stereocenters. The van der Waals surface area contributed by atoms with Crippen molar-refractivity contribution in [1.29, 1.82) is 0 Å². The van der Waals surface area contributed by atoms with E-state index < -0.39 is 0 Å². The molecule has 11 heavy (non-hydrogen) atoms.